The number of hydrogen-bond donors (Lipinski definition) is 2. The summed E-state index contributed by atoms with van der Waals surface area (Å²) >= 11 is 0. The van der Waals surface area contributed by atoms with Crippen molar-refractivity contribution in [3.63, 3.8) is 0 Å². The molecule has 1 aliphatic heterocycles. The van der Waals surface area contributed by atoms with E-state index in [9.17, 15) is 4.79 Å². The third-order valence-corrected chi connectivity index (χ3v) is 3.96. The van der Waals surface area contributed by atoms with Crippen molar-refractivity contribution in [1.82, 2.24) is 20.4 Å². The molecule has 2 aromatic heterocycles. The van der Waals surface area contributed by atoms with Crippen LogP contribution in [0.15, 0.2) is 53.4 Å². The van der Waals surface area contributed by atoms with Crippen LogP contribution in [0, 0.1) is 0 Å². The second-order valence-corrected chi connectivity index (χ2v) is 5.77. The van der Waals surface area contributed by atoms with Crippen molar-refractivity contribution >= 4 is 6.03 Å². The Kier molecular flexibility index (Phi) is 4.46. The van der Waals surface area contributed by atoms with Gasteiger partial charge >= 0.3 is 6.03 Å². The molecule has 2 N–H and O–H groups in total. The molecule has 4 rings (SSSR count). The van der Waals surface area contributed by atoms with Crippen LogP contribution in [-0.2, 0) is 13.1 Å². The number of nitrogens with one attached hydrogen (secondary N) is 2. The lowest BCUT2D eigenvalue weighted by molar-refractivity contribution is 0.174. The zero-order chi connectivity index (χ0) is 17.8. The van der Waals surface area contributed by atoms with E-state index in [-0.39, 0.29) is 12.8 Å². The van der Waals surface area contributed by atoms with E-state index < -0.39 is 0 Å². The summed E-state index contributed by atoms with van der Waals surface area (Å²) in [4.78, 5) is 11.9. The highest BCUT2D eigenvalue weighted by atomic mass is 16.7. The Hall–Kier alpha value is -3.42. The Morgan fingerprint density at radius 1 is 1.19 bits per heavy atom. The summed E-state index contributed by atoms with van der Waals surface area (Å²) in [5.74, 6) is 2.20. The number of nitrogens with zero attached hydrogens (tertiary/aromatic N) is 2. The second kappa shape index (κ2) is 7.22. The van der Waals surface area contributed by atoms with Crippen molar-refractivity contribution in [3.8, 4) is 22.8 Å². The maximum absolute atomic E-state index is 11.9. The van der Waals surface area contributed by atoms with Gasteiger partial charge in [-0.2, -0.15) is 5.10 Å². The number of benzene rings is 1. The molecule has 0 atom stereocenters. The Balaban J connectivity index is 1.21. The number of carbonyl (C=O) groups is 1. The van der Waals surface area contributed by atoms with Crippen LogP contribution in [0.1, 0.15) is 5.56 Å². The third kappa shape index (κ3) is 3.64. The van der Waals surface area contributed by atoms with Gasteiger partial charge in [0, 0.05) is 19.3 Å². The van der Waals surface area contributed by atoms with Crippen LogP contribution >= 0.6 is 0 Å². The first kappa shape index (κ1) is 16.1. The monoisotopic (exact) mass is 354 g/mol. The minimum absolute atomic E-state index is 0.235. The molecule has 0 saturated heterocycles. The number of carbonyl (C=O) groups excluding carboxylic acids is 1. The van der Waals surface area contributed by atoms with Gasteiger partial charge in [-0.1, -0.05) is 6.07 Å². The van der Waals surface area contributed by atoms with E-state index in [4.69, 9.17) is 13.9 Å². The number of ether oxygens (including phenoxy) is 2. The summed E-state index contributed by atoms with van der Waals surface area (Å²) < 4.78 is 17.7. The van der Waals surface area contributed by atoms with Gasteiger partial charge in [0.1, 0.15) is 5.76 Å². The number of urea groups is 1. The topological polar surface area (TPSA) is 90.6 Å². The van der Waals surface area contributed by atoms with Gasteiger partial charge in [0.05, 0.1) is 24.6 Å². The molecule has 0 fully saturated rings. The largest absolute Gasteiger partial charge is 0.464 e. The maximum Gasteiger partial charge on any atom is 0.315 e. The average molecular weight is 354 g/mol. The van der Waals surface area contributed by atoms with Gasteiger partial charge in [-0.25, -0.2) is 4.79 Å². The zero-order valence-corrected chi connectivity index (χ0v) is 14.0. The van der Waals surface area contributed by atoms with Gasteiger partial charge in [-0.3, -0.25) is 4.68 Å². The fourth-order valence-electron chi connectivity index (χ4n) is 2.64. The lowest BCUT2D eigenvalue weighted by atomic mass is 10.2. The van der Waals surface area contributed by atoms with E-state index in [2.05, 4.69) is 15.7 Å². The minimum atomic E-state index is -0.235. The van der Waals surface area contributed by atoms with Crippen LogP contribution in [-0.4, -0.2) is 29.1 Å². The van der Waals surface area contributed by atoms with Crippen molar-refractivity contribution in [2.75, 3.05) is 13.3 Å². The molecular weight excluding hydrogens is 336 g/mol. The fraction of sp³-hybridized carbons (Fsp3) is 0.222. The van der Waals surface area contributed by atoms with Crippen molar-refractivity contribution in [2.24, 2.45) is 0 Å². The molecule has 0 bridgehead atoms. The predicted octanol–water partition coefficient (Wildman–Crippen LogP) is 2.37. The van der Waals surface area contributed by atoms with Crippen LogP contribution in [0.4, 0.5) is 4.79 Å². The first-order chi connectivity index (χ1) is 12.8. The number of aromatic nitrogens is 2. The normalized spacial score (nSPS) is 12.2. The van der Waals surface area contributed by atoms with E-state index in [1.54, 1.807) is 17.1 Å². The van der Waals surface area contributed by atoms with Crippen molar-refractivity contribution in [1.29, 1.82) is 0 Å². The van der Waals surface area contributed by atoms with Crippen LogP contribution in [0.5, 0.6) is 11.5 Å². The molecular formula is C18H18N4O4. The van der Waals surface area contributed by atoms with Crippen molar-refractivity contribution in [3.05, 3.63) is 54.6 Å². The molecule has 0 radical (unpaired) electrons. The summed E-state index contributed by atoms with van der Waals surface area (Å²) in [7, 11) is 0. The van der Waals surface area contributed by atoms with Gasteiger partial charge in [-0.15, -0.1) is 0 Å². The van der Waals surface area contributed by atoms with Gasteiger partial charge in [0.25, 0.3) is 0 Å². The highest BCUT2D eigenvalue weighted by Crippen LogP contribution is 2.32. The SMILES string of the molecule is O=C(NCCn1cc(-c2ccco2)cn1)NCc1ccc2c(c1)OCO2. The molecule has 1 aromatic carbocycles. The molecule has 1 aliphatic rings. The van der Waals surface area contributed by atoms with Gasteiger partial charge in [0.2, 0.25) is 6.79 Å². The Bertz CT molecular complexity index is 888. The zero-order valence-electron chi connectivity index (χ0n) is 14.0. The molecule has 3 aromatic rings. The molecule has 26 heavy (non-hydrogen) atoms. The molecule has 2 amide bonds. The quantitative estimate of drug-likeness (QED) is 0.709. The standard InChI is InChI=1S/C18H18N4O4/c23-18(20-9-13-3-4-16-17(8-13)26-12-25-16)19-5-6-22-11-14(10-21-22)15-2-1-7-24-15/h1-4,7-8,10-11H,5-6,9,12H2,(H2,19,20,23). The third-order valence-electron chi connectivity index (χ3n) is 3.96. The van der Waals surface area contributed by atoms with E-state index in [0.29, 0.717) is 25.4 Å². The highest BCUT2D eigenvalue weighted by molar-refractivity contribution is 5.73. The van der Waals surface area contributed by atoms with E-state index >= 15 is 0 Å². The molecule has 0 unspecified atom stereocenters. The summed E-state index contributed by atoms with van der Waals surface area (Å²) in [6.07, 6.45) is 5.24. The number of amides is 2. The van der Waals surface area contributed by atoms with Crippen molar-refractivity contribution < 1.29 is 18.7 Å². The van der Waals surface area contributed by atoms with Crippen LogP contribution in [0.2, 0.25) is 0 Å². The second-order valence-electron chi connectivity index (χ2n) is 5.77. The fourth-order valence-corrected chi connectivity index (χ4v) is 2.64. The number of furan rings is 1. The van der Waals surface area contributed by atoms with Gasteiger partial charge in [-0.05, 0) is 29.8 Å². The molecule has 0 spiro atoms. The summed E-state index contributed by atoms with van der Waals surface area (Å²) in [5, 5.41) is 9.88. The minimum Gasteiger partial charge on any atom is -0.464 e. The lowest BCUT2D eigenvalue weighted by Gasteiger charge is -2.08. The van der Waals surface area contributed by atoms with Crippen LogP contribution in [0.25, 0.3) is 11.3 Å². The van der Waals surface area contributed by atoms with E-state index in [0.717, 1.165) is 22.6 Å². The summed E-state index contributed by atoms with van der Waals surface area (Å²) in [5.41, 5.74) is 1.85. The number of rotatable bonds is 6. The van der Waals surface area contributed by atoms with Gasteiger partial charge < -0.3 is 24.5 Å². The maximum atomic E-state index is 11.9. The van der Waals surface area contributed by atoms with E-state index in [1.807, 2.05) is 36.5 Å². The van der Waals surface area contributed by atoms with Crippen LogP contribution < -0.4 is 20.1 Å². The Morgan fingerprint density at radius 3 is 3.00 bits per heavy atom. The molecule has 3 heterocycles. The predicted molar refractivity (Wildman–Crippen MR) is 92.7 cm³/mol. The first-order valence-corrected chi connectivity index (χ1v) is 8.24. The first-order valence-electron chi connectivity index (χ1n) is 8.24. The molecule has 134 valence electrons. The lowest BCUT2D eigenvalue weighted by Crippen LogP contribution is -2.36. The average Bonchev–Trinajstić information content (AvgIpc) is 3.39. The molecule has 0 saturated carbocycles. The van der Waals surface area contributed by atoms with Crippen LogP contribution in [0.3, 0.4) is 0 Å². The molecule has 0 aliphatic carbocycles. The van der Waals surface area contributed by atoms with E-state index in [1.165, 1.54) is 0 Å². The summed E-state index contributed by atoms with van der Waals surface area (Å²) in [6, 6.07) is 9.07. The van der Waals surface area contributed by atoms with Crippen molar-refractivity contribution in [2.45, 2.75) is 13.1 Å². The summed E-state index contributed by atoms with van der Waals surface area (Å²) in [6.45, 7) is 1.68. The smallest absolute Gasteiger partial charge is 0.315 e. The molecule has 8 nitrogen and oxygen atoms in total. The number of fused-ring (bicyclic) bond motifs is 1. The highest BCUT2D eigenvalue weighted by Gasteiger charge is 2.13. The van der Waals surface area contributed by atoms with Gasteiger partial charge in [0.15, 0.2) is 11.5 Å². The Morgan fingerprint density at radius 2 is 2.12 bits per heavy atom. The number of hydrogen-bond acceptors (Lipinski definition) is 5. The molecule has 8 heteroatoms. The Labute approximate surface area is 149 Å².